The average Bonchev–Trinajstić information content (AvgIpc) is 2.96. The van der Waals surface area contributed by atoms with Gasteiger partial charge in [-0.15, -0.1) is 0 Å². The number of amides is 2. The monoisotopic (exact) mass is 633 g/mol. The SMILES string of the molecule is CCOc1ccc(N(CC(=O)N(Cc2ccc(Cl)c(Cl)c2)[C@@H](C)C(=O)N[C@@H](C)CC)S(=O)(=O)c2ccc(C)cc2)cc1. The van der Waals surface area contributed by atoms with E-state index in [0.717, 1.165) is 9.87 Å². The van der Waals surface area contributed by atoms with Crippen molar-refractivity contribution in [3.8, 4) is 5.75 Å². The van der Waals surface area contributed by atoms with Gasteiger partial charge in [0.05, 0.1) is 27.2 Å². The third-order valence-electron chi connectivity index (χ3n) is 6.83. The van der Waals surface area contributed by atoms with E-state index in [0.29, 0.717) is 34.4 Å². The molecule has 0 fully saturated rings. The van der Waals surface area contributed by atoms with Gasteiger partial charge in [-0.25, -0.2) is 8.42 Å². The van der Waals surface area contributed by atoms with Crippen LogP contribution in [-0.4, -0.2) is 50.4 Å². The summed E-state index contributed by atoms with van der Waals surface area (Å²) in [7, 11) is -4.17. The maximum Gasteiger partial charge on any atom is 0.264 e. The highest BCUT2D eigenvalue weighted by Crippen LogP contribution is 2.28. The van der Waals surface area contributed by atoms with Crippen LogP contribution in [0.3, 0.4) is 0 Å². The van der Waals surface area contributed by atoms with Gasteiger partial charge >= 0.3 is 0 Å². The van der Waals surface area contributed by atoms with E-state index in [1.807, 2.05) is 27.7 Å². The summed E-state index contributed by atoms with van der Waals surface area (Å²) in [4.78, 5) is 28.6. The number of rotatable bonds is 13. The van der Waals surface area contributed by atoms with Crippen molar-refractivity contribution in [1.29, 1.82) is 0 Å². The Morgan fingerprint density at radius 1 is 0.929 bits per heavy atom. The summed E-state index contributed by atoms with van der Waals surface area (Å²) in [6.45, 7) is 9.04. The molecule has 0 saturated carbocycles. The molecule has 0 aliphatic heterocycles. The summed E-state index contributed by atoms with van der Waals surface area (Å²) in [6, 6.07) is 16.8. The number of sulfonamides is 1. The number of carbonyl (C=O) groups is 2. The first-order valence-electron chi connectivity index (χ1n) is 13.7. The number of ether oxygens (including phenoxy) is 1. The first kappa shape index (κ1) is 33.2. The second-order valence-electron chi connectivity index (χ2n) is 10.0. The molecule has 0 heterocycles. The highest BCUT2D eigenvalue weighted by atomic mass is 35.5. The van der Waals surface area contributed by atoms with Crippen molar-refractivity contribution < 1.29 is 22.7 Å². The van der Waals surface area contributed by atoms with Gasteiger partial charge < -0.3 is 15.0 Å². The number of anilines is 1. The van der Waals surface area contributed by atoms with Crippen molar-refractivity contribution in [2.24, 2.45) is 0 Å². The third kappa shape index (κ3) is 8.40. The first-order chi connectivity index (χ1) is 19.9. The largest absolute Gasteiger partial charge is 0.494 e. The Labute approximate surface area is 258 Å². The van der Waals surface area contributed by atoms with Crippen LogP contribution in [0.25, 0.3) is 0 Å². The summed E-state index contributed by atoms with van der Waals surface area (Å²) in [5, 5.41) is 3.57. The number of nitrogens with one attached hydrogen (secondary N) is 1. The Morgan fingerprint density at radius 2 is 1.57 bits per heavy atom. The molecule has 3 aromatic rings. The van der Waals surface area contributed by atoms with E-state index in [2.05, 4.69) is 5.32 Å². The molecule has 2 amide bonds. The van der Waals surface area contributed by atoms with E-state index < -0.39 is 28.5 Å². The molecule has 3 rings (SSSR count). The van der Waals surface area contributed by atoms with Crippen LogP contribution >= 0.6 is 23.2 Å². The topological polar surface area (TPSA) is 96.0 Å². The molecule has 0 saturated heterocycles. The van der Waals surface area contributed by atoms with Gasteiger partial charge in [-0.2, -0.15) is 0 Å². The minimum Gasteiger partial charge on any atom is -0.494 e. The average molecular weight is 635 g/mol. The summed E-state index contributed by atoms with van der Waals surface area (Å²) < 4.78 is 34.5. The maximum atomic E-state index is 14.0. The molecule has 3 aromatic carbocycles. The molecule has 0 aliphatic carbocycles. The normalized spacial score (nSPS) is 12.7. The molecule has 0 bridgehead atoms. The van der Waals surface area contributed by atoms with Crippen LogP contribution in [0.15, 0.2) is 71.6 Å². The molecular weight excluding hydrogens is 597 g/mol. The second-order valence-corrected chi connectivity index (χ2v) is 12.7. The Kier molecular flexibility index (Phi) is 11.7. The molecule has 0 aliphatic rings. The standard InChI is InChI=1S/C31H37Cl2N3O5S/c1-6-22(4)34-31(38)23(5)35(19-24-10-17-28(32)29(33)18-24)30(37)20-36(25-11-13-26(14-12-25)41-7-2)42(39,40)27-15-8-21(3)9-16-27/h8-18,22-23H,6-7,19-20H2,1-5H3,(H,34,38)/t22-,23-/m0/s1. The Hall–Kier alpha value is -3.27. The molecule has 42 heavy (non-hydrogen) atoms. The third-order valence-corrected chi connectivity index (χ3v) is 9.36. The molecule has 1 N–H and O–H groups in total. The zero-order valence-electron chi connectivity index (χ0n) is 24.4. The summed E-state index contributed by atoms with van der Waals surface area (Å²) in [5.41, 5.74) is 1.81. The van der Waals surface area contributed by atoms with Crippen LogP contribution in [0.4, 0.5) is 5.69 Å². The highest BCUT2D eigenvalue weighted by molar-refractivity contribution is 7.92. The van der Waals surface area contributed by atoms with Gasteiger partial charge in [-0.1, -0.05) is 53.9 Å². The first-order valence-corrected chi connectivity index (χ1v) is 15.9. The fourth-order valence-electron chi connectivity index (χ4n) is 4.12. The van der Waals surface area contributed by atoms with E-state index in [-0.39, 0.29) is 29.1 Å². The number of aryl methyl sites for hydroxylation is 1. The second kappa shape index (κ2) is 14.8. The van der Waals surface area contributed by atoms with Crippen LogP contribution in [0.1, 0.15) is 45.2 Å². The Bertz CT molecular complexity index is 1480. The smallest absolute Gasteiger partial charge is 0.264 e. The van der Waals surface area contributed by atoms with E-state index in [4.69, 9.17) is 27.9 Å². The fourth-order valence-corrected chi connectivity index (χ4v) is 5.86. The zero-order valence-corrected chi connectivity index (χ0v) is 26.8. The number of halogens is 2. The molecule has 8 nitrogen and oxygen atoms in total. The van der Waals surface area contributed by atoms with Gasteiger partial charge in [-0.3, -0.25) is 13.9 Å². The van der Waals surface area contributed by atoms with Crippen LogP contribution in [0.2, 0.25) is 10.0 Å². The Morgan fingerprint density at radius 3 is 2.14 bits per heavy atom. The molecule has 0 unspecified atom stereocenters. The van der Waals surface area contributed by atoms with Crippen molar-refractivity contribution in [1.82, 2.24) is 10.2 Å². The van der Waals surface area contributed by atoms with Crippen molar-refractivity contribution in [2.45, 2.75) is 64.6 Å². The Balaban J connectivity index is 2.04. The fraction of sp³-hybridized carbons (Fsp3) is 0.355. The molecule has 2 atom stereocenters. The lowest BCUT2D eigenvalue weighted by atomic mass is 10.1. The van der Waals surface area contributed by atoms with Crippen LogP contribution in [0.5, 0.6) is 5.75 Å². The van der Waals surface area contributed by atoms with Crippen molar-refractivity contribution in [3.63, 3.8) is 0 Å². The quantitative estimate of drug-likeness (QED) is 0.241. The number of hydrogen-bond donors (Lipinski definition) is 1. The highest BCUT2D eigenvalue weighted by Gasteiger charge is 2.33. The van der Waals surface area contributed by atoms with E-state index in [9.17, 15) is 18.0 Å². The number of benzene rings is 3. The predicted molar refractivity (Wildman–Crippen MR) is 168 cm³/mol. The number of carbonyl (C=O) groups excluding carboxylic acids is 2. The molecule has 0 radical (unpaired) electrons. The lowest BCUT2D eigenvalue weighted by molar-refractivity contribution is -0.139. The van der Waals surface area contributed by atoms with Gasteiger partial charge in [-0.05, 0) is 88.2 Å². The van der Waals surface area contributed by atoms with E-state index >= 15 is 0 Å². The minimum atomic E-state index is -4.17. The van der Waals surface area contributed by atoms with E-state index in [1.165, 1.54) is 17.0 Å². The predicted octanol–water partition coefficient (Wildman–Crippen LogP) is 6.23. The van der Waals surface area contributed by atoms with Crippen LogP contribution in [-0.2, 0) is 26.2 Å². The molecular formula is C31H37Cl2N3O5S. The van der Waals surface area contributed by atoms with E-state index in [1.54, 1.807) is 61.5 Å². The summed E-state index contributed by atoms with van der Waals surface area (Å²) >= 11 is 12.3. The lowest BCUT2D eigenvalue weighted by Gasteiger charge is -2.32. The minimum absolute atomic E-state index is 0.00646. The molecule has 11 heteroatoms. The van der Waals surface area contributed by atoms with Gasteiger partial charge in [0, 0.05) is 12.6 Å². The van der Waals surface area contributed by atoms with Crippen molar-refractivity contribution in [3.05, 3.63) is 87.9 Å². The molecule has 226 valence electrons. The lowest BCUT2D eigenvalue weighted by Crippen LogP contribution is -2.52. The summed E-state index contributed by atoms with van der Waals surface area (Å²) in [5.74, 6) is -0.360. The van der Waals surface area contributed by atoms with Crippen molar-refractivity contribution >= 4 is 50.7 Å². The summed E-state index contributed by atoms with van der Waals surface area (Å²) in [6.07, 6.45) is 0.708. The number of nitrogens with zero attached hydrogens (tertiary/aromatic N) is 2. The number of hydrogen-bond acceptors (Lipinski definition) is 5. The van der Waals surface area contributed by atoms with Gasteiger partial charge in [0.2, 0.25) is 11.8 Å². The van der Waals surface area contributed by atoms with Gasteiger partial charge in [0.1, 0.15) is 18.3 Å². The van der Waals surface area contributed by atoms with Gasteiger partial charge in [0.15, 0.2) is 0 Å². The van der Waals surface area contributed by atoms with Gasteiger partial charge in [0.25, 0.3) is 10.0 Å². The molecule has 0 aromatic heterocycles. The van der Waals surface area contributed by atoms with Crippen molar-refractivity contribution in [2.75, 3.05) is 17.5 Å². The molecule has 0 spiro atoms. The van der Waals surface area contributed by atoms with Crippen LogP contribution < -0.4 is 14.4 Å². The zero-order chi connectivity index (χ0) is 31.0. The maximum absolute atomic E-state index is 14.0. The van der Waals surface area contributed by atoms with Crippen LogP contribution in [0, 0.1) is 6.92 Å².